The molecule has 0 atom stereocenters. The molecule has 0 saturated carbocycles. The van der Waals surface area contributed by atoms with Gasteiger partial charge in [-0.1, -0.05) is 13.8 Å². The molecule has 0 bridgehead atoms. The first kappa shape index (κ1) is 12.1. The van der Waals surface area contributed by atoms with Crippen molar-refractivity contribution < 1.29 is 0 Å². The number of imidazole rings is 1. The molecule has 0 spiro atoms. The van der Waals surface area contributed by atoms with Gasteiger partial charge in [-0.05, 0) is 25.1 Å². The maximum Gasteiger partial charge on any atom is 0.177 e. The molecule has 17 heavy (non-hydrogen) atoms. The molecule has 2 aromatic heterocycles. The molecule has 2 rings (SSSR count). The van der Waals surface area contributed by atoms with Gasteiger partial charge in [-0.25, -0.2) is 0 Å². The Bertz CT molecular complexity index is 561. The number of hydrogen-bond acceptors (Lipinski definition) is 2. The third-order valence-electron chi connectivity index (χ3n) is 2.97. The summed E-state index contributed by atoms with van der Waals surface area (Å²) in [5.74, 6) is 0. The molecule has 0 unspecified atom stereocenters. The van der Waals surface area contributed by atoms with Gasteiger partial charge in [0.2, 0.25) is 0 Å². The third-order valence-corrected chi connectivity index (χ3v) is 3.31. The van der Waals surface area contributed by atoms with Crippen LogP contribution in [0.5, 0.6) is 0 Å². The summed E-state index contributed by atoms with van der Waals surface area (Å²) in [6.07, 6.45) is 6.00. The van der Waals surface area contributed by atoms with E-state index in [4.69, 9.17) is 12.2 Å². The first-order valence-electron chi connectivity index (χ1n) is 5.94. The van der Waals surface area contributed by atoms with Crippen LogP contribution in [0.4, 0.5) is 0 Å². The molecule has 4 nitrogen and oxygen atoms in total. The highest BCUT2D eigenvalue weighted by molar-refractivity contribution is 7.71. The van der Waals surface area contributed by atoms with Crippen LogP contribution in [-0.2, 0) is 26.4 Å². The zero-order chi connectivity index (χ0) is 12.4. The molecule has 0 aliphatic heterocycles. The maximum absolute atomic E-state index is 5.30. The minimum atomic E-state index is 0.785. The summed E-state index contributed by atoms with van der Waals surface area (Å²) >= 11 is 5.30. The zero-order valence-electron chi connectivity index (χ0n) is 10.5. The van der Waals surface area contributed by atoms with Gasteiger partial charge in [-0.2, -0.15) is 5.10 Å². The van der Waals surface area contributed by atoms with E-state index in [2.05, 4.69) is 34.7 Å². The first-order valence-corrected chi connectivity index (χ1v) is 6.35. The zero-order valence-corrected chi connectivity index (χ0v) is 11.3. The number of H-pyrrole nitrogens is 1. The van der Waals surface area contributed by atoms with Crippen molar-refractivity contribution in [2.75, 3.05) is 0 Å². The number of aryl methyl sites for hydroxylation is 3. The van der Waals surface area contributed by atoms with Crippen molar-refractivity contribution in [1.82, 2.24) is 19.3 Å². The Kier molecular flexibility index (Phi) is 3.47. The molecule has 5 heteroatoms. The summed E-state index contributed by atoms with van der Waals surface area (Å²) in [5, 5.41) is 4.45. The molecule has 0 aliphatic carbocycles. The number of aromatic amines is 1. The predicted octanol–water partition coefficient (Wildman–Crippen LogP) is 2.45. The molecule has 1 N–H and O–H groups in total. The number of rotatable bonds is 4. The highest BCUT2D eigenvalue weighted by atomic mass is 32.1. The molecule has 0 amide bonds. The van der Waals surface area contributed by atoms with E-state index >= 15 is 0 Å². The highest BCUT2D eigenvalue weighted by Gasteiger charge is 2.09. The van der Waals surface area contributed by atoms with E-state index in [1.54, 1.807) is 0 Å². The van der Waals surface area contributed by atoms with Crippen molar-refractivity contribution in [1.29, 1.82) is 0 Å². The molecule has 0 radical (unpaired) electrons. The van der Waals surface area contributed by atoms with E-state index in [1.807, 2.05) is 17.9 Å². The van der Waals surface area contributed by atoms with Gasteiger partial charge >= 0.3 is 0 Å². The second kappa shape index (κ2) is 4.87. The summed E-state index contributed by atoms with van der Waals surface area (Å²) in [7, 11) is 1.96. The normalized spacial score (nSPS) is 11.0. The average Bonchev–Trinajstić information content (AvgIpc) is 2.84. The molecular formula is C12H18N4S. The Balaban J connectivity index is 2.37. The van der Waals surface area contributed by atoms with Gasteiger partial charge in [0.25, 0.3) is 0 Å². The molecule has 0 aromatic carbocycles. The van der Waals surface area contributed by atoms with Crippen LogP contribution in [0, 0.1) is 4.77 Å². The van der Waals surface area contributed by atoms with Crippen LogP contribution < -0.4 is 0 Å². The quantitative estimate of drug-likeness (QED) is 0.847. The van der Waals surface area contributed by atoms with E-state index in [0.29, 0.717) is 0 Å². The Morgan fingerprint density at radius 2 is 2.12 bits per heavy atom. The van der Waals surface area contributed by atoms with E-state index in [1.165, 1.54) is 11.3 Å². The second-order valence-electron chi connectivity index (χ2n) is 4.15. The maximum atomic E-state index is 5.30. The predicted molar refractivity (Wildman–Crippen MR) is 70.7 cm³/mol. The van der Waals surface area contributed by atoms with Crippen LogP contribution in [0.15, 0.2) is 12.4 Å². The summed E-state index contributed by atoms with van der Waals surface area (Å²) in [6, 6.07) is 0. The van der Waals surface area contributed by atoms with Crippen molar-refractivity contribution in [3.05, 3.63) is 34.1 Å². The van der Waals surface area contributed by atoms with Gasteiger partial charge in [0.15, 0.2) is 4.77 Å². The number of hydrogen-bond donors (Lipinski definition) is 1. The molecule has 0 aliphatic rings. The summed E-state index contributed by atoms with van der Waals surface area (Å²) in [5.41, 5.74) is 3.64. The fourth-order valence-electron chi connectivity index (χ4n) is 2.08. The van der Waals surface area contributed by atoms with Gasteiger partial charge in [-0.15, -0.1) is 0 Å². The summed E-state index contributed by atoms with van der Waals surface area (Å²) < 4.78 is 4.80. The largest absolute Gasteiger partial charge is 0.337 e. The van der Waals surface area contributed by atoms with Crippen LogP contribution in [0.1, 0.15) is 30.8 Å². The van der Waals surface area contributed by atoms with Crippen molar-refractivity contribution in [3.63, 3.8) is 0 Å². The van der Waals surface area contributed by atoms with E-state index in [-0.39, 0.29) is 0 Å². The van der Waals surface area contributed by atoms with Crippen LogP contribution in [0.3, 0.4) is 0 Å². The van der Waals surface area contributed by atoms with Crippen LogP contribution in [-0.4, -0.2) is 19.3 Å². The standard InChI is InChI=1S/C12H18N4S/c1-4-10-6-13-12(17)16(10)8-9-7-15(3)14-11(9)5-2/h6-7H,4-5,8H2,1-3H3,(H,13,17). The lowest BCUT2D eigenvalue weighted by Crippen LogP contribution is -2.05. The van der Waals surface area contributed by atoms with Crippen molar-refractivity contribution in [3.8, 4) is 0 Å². The van der Waals surface area contributed by atoms with Crippen molar-refractivity contribution >= 4 is 12.2 Å². The Hall–Kier alpha value is -1.36. The monoisotopic (exact) mass is 250 g/mol. The minimum Gasteiger partial charge on any atom is -0.337 e. The molecule has 2 heterocycles. The Morgan fingerprint density at radius 1 is 1.35 bits per heavy atom. The van der Waals surface area contributed by atoms with Crippen LogP contribution >= 0.6 is 12.2 Å². The smallest absolute Gasteiger partial charge is 0.177 e. The Labute approximate surface area is 106 Å². The number of aromatic nitrogens is 4. The summed E-state index contributed by atoms with van der Waals surface area (Å²) in [4.78, 5) is 3.10. The minimum absolute atomic E-state index is 0.785. The third kappa shape index (κ3) is 2.34. The number of nitrogens with zero attached hydrogens (tertiary/aromatic N) is 3. The average molecular weight is 250 g/mol. The lowest BCUT2D eigenvalue weighted by Gasteiger charge is -2.06. The lowest BCUT2D eigenvalue weighted by atomic mass is 10.2. The highest BCUT2D eigenvalue weighted by Crippen LogP contribution is 2.12. The molecule has 2 aromatic rings. The van der Waals surface area contributed by atoms with Crippen LogP contribution in [0.25, 0.3) is 0 Å². The summed E-state index contributed by atoms with van der Waals surface area (Å²) in [6.45, 7) is 5.07. The van der Waals surface area contributed by atoms with Gasteiger partial charge < -0.3 is 9.55 Å². The molecule has 0 saturated heterocycles. The van der Waals surface area contributed by atoms with E-state index in [9.17, 15) is 0 Å². The Morgan fingerprint density at radius 3 is 2.76 bits per heavy atom. The van der Waals surface area contributed by atoms with Gasteiger partial charge in [0.05, 0.1) is 12.2 Å². The van der Waals surface area contributed by atoms with Crippen molar-refractivity contribution in [2.45, 2.75) is 33.2 Å². The first-order chi connectivity index (χ1) is 8.15. The van der Waals surface area contributed by atoms with Crippen molar-refractivity contribution in [2.24, 2.45) is 7.05 Å². The molecular weight excluding hydrogens is 232 g/mol. The lowest BCUT2D eigenvalue weighted by molar-refractivity contribution is 0.729. The topological polar surface area (TPSA) is 38.5 Å². The fourth-order valence-corrected chi connectivity index (χ4v) is 2.32. The number of nitrogens with one attached hydrogen (secondary N) is 1. The SMILES string of the molecule is CCc1nn(C)cc1Cn1c(CC)c[nH]c1=S. The molecule has 0 fully saturated rings. The van der Waals surface area contributed by atoms with Gasteiger partial charge in [0, 0.05) is 30.7 Å². The van der Waals surface area contributed by atoms with Gasteiger partial charge in [0.1, 0.15) is 0 Å². The van der Waals surface area contributed by atoms with E-state index in [0.717, 1.165) is 29.9 Å². The van der Waals surface area contributed by atoms with Gasteiger partial charge in [-0.3, -0.25) is 4.68 Å². The van der Waals surface area contributed by atoms with E-state index < -0.39 is 0 Å². The second-order valence-corrected chi connectivity index (χ2v) is 4.54. The fraction of sp³-hybridized carbons (Fsp3) is 0.500. The molecule has 92 valence electrons. The van der Waals surface area contributed by atoms with Crippen LogP contribution in [0.2, 0.25) is 0 Å².